The van der Waals surface area contributed by atoms with E-state index in [1.54, 1.807) is 6.92 Å². The lowest BCUT2D eigenvalue weighted by Crippen LogP contribution is -2.26. The Labute approximate surface area is 155 Å². The van der Waals surface area contributed by atoms with Crippen LogP contribution in [0.4, 0.5) is 11.4 Å². The maximum Gasteiger partial charge on any atom is 0.339 e. The summed E-state index contributed by atoms with van der Waals surface area (Å²) in [5.74, 6) is -0.666. The van der Waals surface area contributed by atoms with Gasteiger partial charge >= 0.3 is 5.97 Å². The van der Waals surface area contributed by atoms with Gasteiger partial charge in [-0.05, 0) is 37.3 Å². The van der Waals surface area contributed by atoms with Crippen molar-refractivity contribution in [1.82, 2.24) is 0 Å². The molecular weight excluding hydrogens is 384 g/mol. The summed E-state index contributed by atoms with van der Waals surface area (Å²) in [6.07, 6.45) is 0. The van der Waals surface area contributed by atoms with Crippen molar-refractivity contribution in [2.75, 3.05) is 18.0 Å². The molecule has 8 nitrogen and oxygen atoms in total. The van der Waals surface area contributed by atoms with Crippen LogP contribution in [0.3, 0.4) is 0 Å². The molecule has 0 spiro atoms. The van der Waals surface area contributed by atoms with Crippen molar-refractivity contribution in [3.05, 3.63) is 63.2 Å². The third-order valence-electron chi connectivity index (χ3n) is 3.51. The first kappa shape index (κ1) is 19.7. The van der Waals surface area contributed by atoms with Gasteiger partial charge in [0.15, 0.2) is 0 Å². The Morgan fingerprint density at radius 2 is 1.85 bits per heavy atom. The van der Waals surface area contributed by atoms with Crippen LogP contribution in [0.15, 0.2) is 47.4 Å². The maximum absolute atomic E-state index is 12.7. The van der Waals surface area contributed by atoms with Crippen LogP contribution in [0.5, 0.6) is 0 Å². The Morgan fingerprint density at radius 3 is 2.38 bits per heavy atom. The van der Waals surface area contributed by atoms with Crippen molar-refractivity contribution >= 4 is 39.0 Å². The van der Waals surface area contributed by atoms with Crippen molar-refractivity contribution in [3.63, 3.8) is 0 Å². The van der Waals surface area contributed by atoms with E-state index in [0.717, 1.165) is 28.6 Å². The first-order valence-electron chi connectivity index (χ1n) is 7.38. The van der Waals surface area contributed by atoms with Gasteiger partial charge in [-0.25, -0.2) is 13.2 Å². The van der Waals surface area contributed by atoms with Crippen molar-refractivity contribution in [2.24, 2.45) is 0 Å². The molecule has 2 aromatic rings. The molecule has 0 heterocycles. The Morgan fingerprint density at radius 1 is 1.23 bits per heavy atom. The van der Waals surface area contributed by atoms with Crippen molar-refractivity contribution < 1.29 is 22.9 Å². The summed E-state index contributed by atoms with van der Waals surface area (Å²) in [6, 6.07) is 8.64. The quantitative estimate of drug-likeness (QED) is 0.420. The highest BCUT2D eigenvalue weighted by atomic mass is 35.5. The Kier molecular flexibility index (Phi) is 5.83. The second-order valence-electron chi connectivity index (χ2n) is 5.11. The lowest BCUT2D eigenvalue weighted by Gasteiger charge is -2.20. The third kappa shape index (κ3) is 3.94. The standard InChI is InChI=1S/C16H15ClN2O6S/c1-3-25-16(20)14-10-12(6-9-15(14)17)18(2)26(23,24)13-7-4-11(5-8-13)19(21)22/h4-10H,3H2,1-2H3. The van der Waals surface area contributed by atoms with E-state index in [1.807, 2.05) is 0 Å². The highest BCUT2D eigenvalue weighted by Gasteiger charge is 2.24. The van der Waals surface area contributed by atoms with Crippen LogP contribution in [0.1, 0.15) is 17.3 Å². The molecule has 138 valence electrons. The number of nitrogens with zero attached hydrogens (tertiary/aromatic N) is 2. The monoisotopic (exact) mass is 398 g/mol. The van der Waals surface area contributed by atoms with Crippen LogP contribution in [0.2, 0.25) is 5.02 Å². The largest absolute Gasteiger partial charge is 0.462 e. The van der Waals surface area contributed by atoms with Gasteiger partial charge in [-0.2, -0.15) is 0 Å². The topological polar surface area (TPSA) is 107 Å². The molecule has 0 radical (unpaired) electrons. The molecule has 0 unspecified atom stereocenters. The van der Waals surface area contributed by atoms with E-state index in [0.29, 0.717) is 0 Å². The van der Waals surface area contributed by atoms with Gasteiger partial charge in [-0.3, -0.25) is 14.4 Å². The molecule has 2 aromatic carbocycles. The summed E-state index contributed by atoms with van der Waals surface area (Å²) in [4.78, 5) is 21.9. The number of halogens is 1. The molecule has 0 aliphatic rings. The average molecular weight is 399 g/mol. The molecule has 10 heteroatoms. The lowest BCUT2D eigenvalue weighted by atomic mass is 10.2. The van der Waals surface area contributed by atoms with Gasteiger partial charge in [0, 0.05) is 19.2 Å². The summed E-state index contributed by atoms with van der Waals surface area (Å²) in [7, 11) is -2.69. The molecule has 0 aromatic heterocycles. The first-order valence-corrected chi connectivity index (χ1v) is 9.20. The third-order valence-corrected chi connectivity index (χ3v) is 5.64. The minimum absolute atomic E-state index is 0.0387. The number of hydrogen-bond donors (Lipinski definition) is 0. The number of rotatable bonds is 6. The number of esters is 1. The summed E-state index contributed by atoms with van der Waals surface area (Å²) in [5.41, 5.74) is 0.00950. The molecule has 0 fully saturated rings. The van der Waals surface area contributed by atoms with Crippen LogP contribution in [-0.2, 0) is 14.8 Å². The molecule has 2 rings (SSSR count). The van der Waals surface area contributed by atoms with E-state index in [1.165, 1.54) is 25.2 Å². The number of non-ortho nitro benzene ring substituents is 1. The van der Waals surface area contributed by atoms with E-state index < -0.39 is 20.9 Å². The maximum atomic E-state index is 12.7. The van der Waals surface area contributed by atoms with Gasteiger partial charge in [0.2, 0.25) is 0 Å². The molecule has 0 saturated heterocycles. The molecule has 0 atom stereocenters. The molecule has 0 saturated carbocycles. The average Bonchev–Trinajstić information content (AvgIpc) is 2.61. The SMILES string of the molecule is CCOC(=O)c1cc(N(C)S(=O)(=O)c2ccc([N+](=O)[O-])cc2)ccc1Cl. The number of nitro benzene ring substituents is 1. The predicted molar refractivity (Wildman–Crippen MR) is 96.1 cm³/mol. The van der Waals surface area contributed by atoms with E-state index in [4.69, 9.17) is 16.3 Å². The van der Waals surface area contributed by atoms with Gasteiger partial charge < -0.3 is 4.74 Å². The number of nitro groups is 1. The van der Waals surface area contributed by atoms with Crippen LogP contribution in [0, 0.1) is 10.1 Å². The number of hydrogen-bond acceptors (Lipinski definition) is 6. The second-order valence-corrected chi connectivity index (χ2v) is 7.48. The number of anilines is 1. The van der Waals surface area contributed by atoms with Crippen LogP contribution >= 0.6 is 11.6 Å². The predicted octanol–water partition coefficient (Wildman–Crippen LogP) is 3.25. The zero-order chi connectivity index (χ0) is 19.5. The number of sulfonamides is 1. The molecule has 26 heavy (non-hydrogen) atoms. The Hall–Kier alpha value is -2.65. The summed E-state index contributed by atoms with van der Waals surface area (Å²) < 4.78 is 31.3. The number of benzene rings is 2. The zero-order valence-electron chi connectivity index (χ0n) is 13.9. The Bertz CT molecular complexity index is 944. The molecule has 0 aliphatic carbocycles. The molecule has 0 aliphatic heterocycles. The minimum Gasteiger partial charge on any atom is -0.462 e. The fourth-order valence-electron chi connectivity index (χ4n) is 2.11. The lowest BCUT2D eigenvalue weighted by molar-refractivity contribution is -0.384. The van der Waals surface area contributed by atoms with Crippen molar-refractivity contribution in [2.45, 2.75) is 11.8 Å². The van der Waals surface area contributed by atoms with E-state index >= 15 is 0 Å². The van der Waals surface area contributed by atoms with Gasteiger partial charge in [0.1, 0.15) is 0 Å². The van der Waals surface area contributed by atoms with Crippen molar-refractivity contribution in [3.8, 4) is 0 Å². The van der Waals surface area contributed by atoms with Crippen LogP contribution in [-0.4, -0.2) is 33.0 Å². The highest BCUT2D eigenvalue weighted by Crippen LogP contribution is 2.28. The highest BCUT2D eigenvalue weighted by molar-refractivity contribution is 7.92. The number of carbonyl (C=O) groups excluding carboxylic acids is 1. The van der Waals surface area contributed by atoms with Crippen LogP contribution < -0.4 is 4.31 Å². The smallest absolute Gasteiger partial charge is 0.339 e. The molecule has 0 N–H and O–H groups in total. The zero-order valence-corrected chi connectivity index (χ0v) is 15.5. The molecular formula is C16H15ClN2O6S. The minimum atomic E-state index is -3.99. The van der Waals surface area contributed by atoms with Gasteiger partial charge in [0.25, 0.3) is 15.7 Å². The second kappa shape index (κ2) is 7.71. The normalized spacial score (nSPS) is 11.0. The van der Waals surface area contributed by atoms with Crippen molar-refractivity contribution in [1.29, 1.82) is 0 Å². The summed E-state index contributed by atoms with van der Waals surface area (Å²) >= 11 is 5.98. The van der Waals surface area contributed by atoms with E-state index in [-0.39, 0.29) is 33.5 Å². The van der Waals surface area contributed by atoms with E-state index in [2.05, 4.69) is 0 Å². The summed E-state index contributed by atoms with van der Waals surface area (Å²) in [5, 5.41) is 10.8. The Balaban J connectivity index is 2.40. The number of carbonyl (C=O) groups is 1. The van der Waals surface area contributed by atoms with Gasteiger partial charge in [0.05, 0.1) is 32.7 Å². The fraction of sp³-hybridized carbons (Fsp3) is 0.188. The van der Waals surface area contributed by atoms with E-state index in [9.17, 15) is 23.3 Å². The number of ether oxygens (including phenoxy) is 1. The van der Waals surface area contributed by atoms with Crippen LogP contribution in [0.25, 0.3) is 0 Å². The van der Waals surface area contributed by atoms with Gasteiger partial charge in [-0.15, -0.1) is 0 Å². The first-order chi connectivity index (χ1) is 12.2. The molecule has 0 amide bonds. The molecule has 0 bridgehead atoms. The van der Waals surface area contributed by atoms with Gasteiger partial charge in [-0.1, -0.05) is 11.6 Å². The summed E-state index contributed by atoms with van der Waals surface area (Å²) in [6.45, 7) is 1.79. The fourth-order valence-corrected chi connectivity index (χ4v) is 3.49.